The molecule has 2 atom stereocenters. The van der Waals surface area contributed by atoms with Crippen molar-refractivity contribution in [2.75, 3.05) is 6.54 Å². The Morgan fingerprint density at radius 3 is 2.00 bits per heavy atom. The molecule has 4 nitrogen and oxygen atoms in total. The molecule has 0 radical (unpaired) electrons. The van der Waals surface area contributed by atoms with Gasteiger partial charge >= 0.3 is 0 Å². The summed E-state index contributed by atoms with van der Waals surface area (Å²) < 4.78 is 0. The maximum Gasteiger partial charge on any atom is 0.156 e. The van der Waals surface area contributed by atoms with E-state index >= 15 is 0 Å². The summed E-state index contributed by atoms with van der Waals surface area (Å²) in [6.45, 7) is 2.10. The second kappa shape index (κ2) is 4.62. The van der Waals surface area contributed by atoms with Crippen LogP contribution in [0.1, 0.15) is 13.3 Å². The number of rotatable bonds is 4. The summed E-state index contributed by atoms with van der Waals surface area (Å²) in [7, 11) is 0. The molecule has 0 aromatic carbocycles. The Kier molecular flexibility index (Phi) is 4.55. The number of hydrogen-bond acceptors (Lipinski definition) is 4. The van der Waals surface area contributed by atoms with Crippen LogP contribution >= 0.6 is 0 Å². The Hall–Kier alpha value is -0.160. The van der Waals surface area contributed by atoms with Gasteiger partial charge in [-0.1, -0.05) is 6.92 Å². The van der Waals surface area contributed by atoms with E-state index in [1.54, 1.807) is 0 Å². The first kappa shape index (κ1) is 9.84. The van der Waals surface area contributed by atoms with Gasteiger partial charge in [-0.2, -0.15) is 0 Å². The lowest BCUT2D eigenvalue weighted by atomic mass is 9.98. The van der Waals surface area contributed by atoms with Gasteiger partial charge in [0.1, 0.15) is 0 Å². The van der Waals surface area contributed by atoms with Gasteiger partial charge in [0.2, 0.25) is 0 Å². The monoisotopic (exact) mass is 148 g/mol. The van der Waals surface area contributed by atoms with Crippen LogP contribution in [0.25, 0.3) is 0 Å². The molecule has 0 rings (SSSR count). The predicted octanol–water partition coefficient (Wildman–Crippen LogP) is -1.39. The summed E-state index contributed by atoms with van der Waals surface area (Å²) in [6, 6.07) is -0.218. The second-order valence-corrected chi connectivity index (χ2v) is 2.39. The number of aliphatic hydroxyl groups is 2. The zero-order chi connectivity index (χ0) is 8.15. The molecule has 0 fully saturated rings. The summed E-state index contributed by atoms with van der Waals surface area (Å²) in [6.07, 6.45) is -0.681. The molecule has 6 N–H and O–H groups in total. The third-order valence-corrected chi connectivity index (χ3v) is 1.68. The maximum absolute atomic E-state index is 8.71. The first-order valence-electron chi connectivity index (χ1n) is 3.45. The van der Waals surface area contributed by atoms with Gasteiger partial charge in [0.25, 0.3) is 0 Å². The largest absolute Gasteiger partial charge is 0.368 e. The van der Waals surface area contributed by atoms with Crippen molar-refractivity contribution in [1.82, 2.24) is 0 Å². The van der Waals surface area contributed by atoms with Gasteiger partial charge in [-0.3, -0.25) is 0 Å². The summed E-state index contributed by atoms with van der Waals surface area (Å²) in [5.41, 5.74) is 10.8. The lowest BCUT2D eigenvalue weighted by molar-refractivity contribution is -0.0874. The van der Waals surface area contributed by atoms with Crippen molar-refractivity contribution in [2.45, 2.75) is 25.7 Å². The van der Waals surface area contributed by atoms with E-state index in [0.717, 1.165) is 0 Å². The third-order valence-electron chi connectivity index (χ3n) is 1.68. The molecule has 0 bridgehead atoms. The predicted molar refractivity (Wildman–Crippen MR) is 39.0 cm³/mol. The van der Waals surface area contributed by atoms with Crippen molar-refractivity contribution in [3.8, 4) is 0 Å². The lowest BCUT2D eigenvalue weighted by Gasteiger charge is -2.22. The molecule has 10 heavy (non-hydrogen) atoms. The van der Waals surface area contributed by atoms with E-state index in [-0.39, 0.29) is 12.6 Å². The van der Waals surface area contributed by atoms with Crippen LogP contribution in [0.4, 0.5) is 0 Å². The summed E-state index contributed by atoms with van der Waals surface area (Å²) in [4.78, 5) is 0. The summed E-state index contributed by atoms with van der Waals surface area (Å²) in [5, 5.41) is 17.4. The van der Waals surface area contributed by atoms with Gasteiger partial charge in [0.15, 0.2) is 6.29 Å². The smallest absolute Gasteiger partial charge is 0.156 e. The van der Waals surface area contributed by atoms with Crippen LogP contribution in [0.2, 0.25) is 0 Å². The molecule has 0 amide bonds. The van der Waals surface area contributed by atoms with Crippen LogP contribution in [0.3, 0.4) is 0 Å². The van der Waals surface area contributed by atoms with Crippen molar-refractivity contribution >= 4 is 0 Å². The maximum atomic E-state index is 8.71. The lowest BCUT2D eigenvalue weighted by Crippen LogP contribution is -2.42. The van der Waals surface area contributed by atoms with E-state index in [9.17, 15) is 0 Å². The molecule has 4 heteroatoms. The fourth-order valence-electron chi connectivity index (χ4n) is 0.820. The first-order valence-corrected chi connectivity index (χ1v) is 3.45. The molecule has 62 valence electrons. The molecular weight excluding hydrogens is 132 g/mol. The minimum atomic E-state index is -1.39. The van der Waals surface area contributed by atoms with Gasteiger partial charge in [-0.25, -0.2) is 0 Å². The van der Waals surface area contributed by atoms with Crippen molar-refractivity contribution < 1.29 is 10.2 Å². The third kappa shape index (κ3) is 2.62. The highest BCUT2D eigenvalue weighted by Gasteiger charge is 2.20. The van der Waals surface area contributed by atoms with Crippen molar-refractivity contribution in [2.24, 2.45) is 17.4 Å². The number of aliphatic hydroxyl groups excluding tert-OH is 1. The van der Waals surface area contributed by atoms with E-state index in [4.69, 9.17) is 21.7 Å². The van der Waals surface area contributed by atoms with Crippen LogP contribution in [-0.4, -0.2) is 29.1 Å². The van der Waals surface area contributed by atoms with Crippen LogP contribution < -0.4 is 11.5 Å². The van der Waals surface area contributed by atoms with E-state index in [1.807, 2.05) is 6.92 Å². The molecule has 0 aliphatic rings. The van der Waals surface area contributed by atoms with Crippen LogP contribution in [0, 0.1) is 5.92 Å². The zero-order valence-electron chi connectivity index (χ0n) is 6.20. The average molecular weight is 148 g/mol. The fraction of sp³-hybridized carbons (Fsp3) is 1.00. The molecule has 0 aromatic rings. The van der Waals surface area contributed by atoms with Gasteiger partial charge in [0, 0.05) is 18.5 Å². The number of nitrogens with two attached hydrogens (primary N) is 2. The molecule has 0 aliphatic heterocycles. The Morgan fingerprint density at radius 1 is 1.40 bits per heavy atom. The highest BCUT2D eigenvalue weighted by molar-refractivity contribution is 4.73. The van der Waals surface area contributed by atoms with E-state index < -0.39 is 12.2 Å². The molecule has 2 unspecified atom stereocenters. The Bertz CT molecular complexity index is 87.8. The topological polar surface area (TPSA) is 92.5 Å². The minimum Gasteiger partial charge on any atom is -0.368 e. The van der Waals surface area contributed by atoms with Crippen molar-refractivity contribution in [3.05, 3.63) is 0 Å². The second-order valence-electron chi connectivity index (χ2n) is 2.39. The molecule has 0 heterocycles. The zero-order valence-corrected chi connectivity index (χ0v) is 6.20. The summed E-state index contributed by atoms with van der Waals surface area (Å²) in [5.74, 6) is -0.398. The quantitative estimate of drug-likeness (QED) is 0.369. The average Bonchev–Trinajstić information content (AvgIpc) is 1.88. The highest BCUT2D eigenvalue weighted by Crippen LogP contribution is 2.06. The number of hydrogen-bond donors (Lipinski definition) is 4. The standard InChI is InChI=1S/C6H16N2O2/c1-2-5(8)4(3-7)6(9)10/h4-6,9-10H,2-3,7-8H2,1H3. The van der Waals surface area contributed by atoms with Crippen LogP contribution in [0.15, 0.2) is 0 Å². The Labute approximate surface area is 60.8 Å². The van der Waals surface area contributed by atoms with E-state index in [2.05, 4.69) is 0 Å². The van der Waals surface area contributed by atoms with Crippen LogP contribution in [0.5, 0.6) is 0 Å². The van der Waals surface area contributed by atoms with E-state index in [1.165, 1.54) is 0 Å². The van der Waals surface area contributed by atoms with Crippen molar-refractivity contribution in [1.29, 1.82) is 0 Å². The molecule has 0 saturated heterocycles. The van der Waals surface area contributed by atoms with Gasteiger partial charge in [0.05, 0.1) is 0 Å². The fourth-order valence-corrected chi connectivity index (χ4v) is 0.820. The van der Waals surface area contributed by atoms with Crippen molar-refractivity contribution in [3.63, 3.8) is 0 Å². The molecule has 0 aromatic heterocycles. The van der Waals surface area contributed by atoms with E-state index in [0.29, 0.717) is 6.42 Å². The Balaban J connectivity index is 3.80. The normalized spacial score (nSPS) is 17.4. The SMILES string of the molecule is CCC(N)C(CN)C(O)O. The molecule has 0 spiro atoms. The highest BCUT2D eigenvalue weighted by atomic mass is 16.5. The molecular formula is C6H16N2O2. The van der Waals surface area contributed by atoms with Gasteiger partial charge in [-0.15, -0.1) is 0 Å². The Morgan fingerprint density at radius 2 is 1.90 bits per heavy atom. The summed E-state index contributed by atoms with van der Waals surface area (Å²) >= 11 is 0. The van der Waals surface area contributed by atoms with Gasteiger partial charge in [-0.05, 0) is 6.42 Å². The first-order chi connectivity index (χ1) is 4.63. The minimum absolute atomic E-state index is 0.215. The van der Waals surface area contributed by atoms with Gasteiger partial charge < -0.3 is 21.7 Å². The van der Waals surface area contributed by atoms with Crippen LogP contribution in [-0.2, 0) is 0 Å². The molecule has 0 saturated carbocycles. The molecule has 0 aliphatic carbocycles.